The van der Waals surface area contributed by atoms with E-state index in [-0.39, 0.29) is 6.10 Å². The van der Waals surface area contributed by atoms with Crippen LogP contribution < -0.4 is 11.3 Å². The summed E-state index contributed by atoms with van der Waals surface area (Å²) in [5.41, 5.74) is 3.58. The molecule has 1 aromatic heterocycles. The van der Waals surface area contributed by atoms with Gasteiger partial charge < -0.3 is 10.2 Å². The Morgan fingerprint density at radius 2 is 2.43 bits per heavy atom. The van der Waals surface area contributed by atoms with Crippen molar-refractivity contribution in [1.82, 2.24) is 4.98 Å². The fraction of sp³-hybridized carbons (Fsp3) is 0.500. The quantitative estimate of drug-likeness (QED) is 0.554. The Morgan fingerprint density at radius 3 is 3.07 bits per heavy atom. The third-order valence-electron chi connectivity index (χ3n) is 2.08. The molecule has 4 heteroatoms. The van der Waals surface area contributed by atoms with E-state index in [1.165, 1.54) is 0 Å². The molecule has 0 aliphatic carbocycles. The van der Waals surface area contributed by atoms with Gasteiger partial charge in [-0.3, -0.25) is 0 Å². The van der Waals surface area contributed by atoms with Gasteiger partial charge in [-0.25, -0.2) is 10.8 Å². The highest BCUT2D eigenvalue weighted by Crippen LogP contribution is 2.08. The topological polar surface area (TPSA) is 60.2 Å². The van der Waals surface area contributed by atoms with Crippen LogP contribution in [0.15, 0.2) is 18.3 Å². The molecule has 1 heterocycles. The molecule has 14 heavy (non-hydrogen) atoms. The number of hydrogen-bond donors (Lipinski definition) is 2. The van der Waals surface area contributed by atoms with Gasteiger partial charge in [0.15, 0.2) is 0 Å². The Bertz CT molecular complexity index is 278. The van der Waals surface area contributed by atoms with Crippen LogP contribution in [-0.4, -0.2) is 11.1 Å². The maximum absolute atomic E-state index is 5.58. The van der Waals surface area contributed by atoms with Gasteiger partial charge in [-0.1, -0.05) is 6.92 Å². The van der Waals surface area contributed by atoms with E-state index in [1.807, 2.05) is 12.1 Å². The monoisotopic (exact) mass is 195 g/mol. The van der Waals surface area contributed by atoms with Gasteiger partial charge in [-0.15, -0.1) is 0 Å². The minimum atomic E-state index is 0.289. The SMILES string of the molecule is CCC(C)OCc1ccnc(NN)c1. The fourth-order valence-electron chi connectivity index (χ4n) is 0.999. The van der Waals surface area contributed by atoms with Crippen LogP contribution in [0.3, 0.4) is 0 Å². The van der Waals surface area contributed by atoms with Crippen molar-refractivity contribution in [2.75, 3.05) is 5.43 Å². The van der Waals surface area contributed by atoms with E-state index in [9.17, 15) is 0 Å². The molecule has 0 aliphatic rings. The Balaban J connectivity index is 2.50. The van der Waals surface area contributed by atoms with E-state index in [0.717, 1.165) is 12.0 Å². The number of nitrogens with two attached hydrogens (primary N) is 1. The van der Waals surface area contributed by atoms with Crippen molar-refractivity contribution in [2.45, 2.75) is 33.0 Å². The highest BCUT2D eigenvalue weighted by molar-refractivity contribution is 5.35. The number of hydrogen-bond acceptors (Lipinski definition) is 4. The number of pyridine rings is 1. The van der Waals surface area contributed by atoms with Crippen LogP contribution in [0, 0.1) is 0 Å². The first-order valence-corrected chi connectivity index (χ1v) is 4.79. The number of rotatable bonds is 5. The van der Waals surface area contributed by atoms with E-state index < -0.39 is 0 Å². The third kappa shape index (κ3) is 3.32. The van der Waals surface area contributed by atoms with Gasteiger partial charge >= 0.3 is 0 Å². The molecule has 0 fully saturated rings. The molecule has 1 unspecified atom stereocenters. The van der Waals surface area contributed by atoms with Crippen LogP contribution in [0.5, 0.6) is 0 Å². The molecule has 0 aliphatic heterocycles. The summed E-state index contributed by atoms with van der Waals surface area (Å²) < 4.78 is 5.58. The summed E-state index contributed by atoms with van der Waals surface area (Å²) >= 11 is 0. The zero-order valence-corrected chi connectivity index (χ0v) is 8.66. The number of anilines is 1. The smallest absolute Gasteiger partial charge is 0.140 e. The van der Waals surface area contributed by atoms with Gasteiger partial charge in [-0.2, -0.15) is 0 Å². The predicted molar refractivity (Wildman–Crippen MR) is 56.6 cm³/mol. The third-order valence-corrected chi connectivity index (χ3v) is 2.08. The molecule has 1 atom stereocenters. The van der Waals surface area contributed by atoms with Crippen LogP contribution >= 0.6 is 0 Å². The normalized spacial score (nSPS) is 12.5. The highest BCUT2D eigenvalue weighted by atomic mass is 16.5. The summed E-state index contributed by atoms with van der Waals surface area (Å²) in [7, 11) is 0. The lowest BCUT2D eigenvalue weighted by molar-refractivity contribution is 0.0508. The van der Waals surface area contributed by atoms with Gasteiger partial charge in [0, 0.05) is 6.20 Å². The van der Waals surface area contributed by atoms with Crippen molar-refractivity contribution >= 4 is 5.82 Å². The lowest BCUT2D eigenvalue weighted by atomic mass is 10.2. The minimum absolute atomic E-state index is 0.289. The van der Waals surface area contributed by atoms with Crippen LogP contribution in [0.4, 0.5) is 5.82 Å². The second kappa shape index (κ2) is 5.57. The summed E-state index contributed by atoms with van der Waals surface area (Å²) in [4.78, 5) is 4.01. The molecule has 4 nitrogen and oxygen atoms in total. The molecule has 1 rings (SSSR count). The average molecular weight is 195 g/mol. The first-order valence-electron chi connectivity index (χ1n) is 4.79. The predicted octanol–water partition coefficient (Wildman–Crippen LogP) is 1.68. The second-order valence-corrected chi connectivity index (χ2v) is 3.22. The molecule has 0 saturated heterocycles. The molecule has 3 N–H and O–H groups in total. The van der Waals surface area contributed by atoms with E-state index in [1.54, 1.807) is 6.20 Å². The first-order chi connectivity index (χ1) is 6.76. The zero-order chi connectivity index (χ0) is 10.4. The number of hydrazine groups is 1. The summed E-state index contributed by atoms with van der Waals surface area (Å²) in [6.07, 6.45) is 3.02. The standard InChI is InChI=1S/C10H17N3O/c1-3-8(2)14-7-9-4-5-12-10(6-9)13-11/h4-6,8H,3,7,11H2,1-2H3,(H,12,13). The van der Waals surface area contributed by atoms with Crippen molar-refractivity contribution in [1.29, 1.82) is 0 Å². The minimum Gasteiger partial charge on any atom is -0.374 e. The molecular formula is C10H17N3O. The maximum Gasteiger partial charge on any atom is 0.140 e. The summed E-state index contributed by atoms with van der Waals surface area (Å²) in [5.74, 6) is 5.91. The Hall–Kier alpha value is -1.13. The van der Waals surface area contributed by atoms with Gasteiger partial charge in [0.25, 0.3) is 0 Å². The van der Waals surface area contributed by atoms with Crippen molar-refractivity contribution in [3.05, 3.63) is 23.9 Å². The number of aromatic nitrogens is 1. The van der Waals surface area contributed by atoms with Gasteiger partial charge in [0.2, 0.25) is 0 Å². The highest BCUT2D eigenvalue weighted by Gasteiger charge is 2.00. The Kier molecular flexibility index (Phi) is 4.35. The molecular weight excluding hydrogens is 178 g/mol. The summed E-state index contributed by atoms with van der Waals surface area (Å²) in [6.45, 7) is 4.76. The van der Waals surface area contributed by atoms with Gasteiger partial charge in [0.1, 0.15) is 5.82 Å². The van der Waals surface area contributed by atoms with Crippen LogP contribution in [0.1, 0.15) is 25.8 Å². The van der Waals surface area contributed by atoms with Crippen molar-refractivity contribution < 1.29 is 4.74 Å². The van der Waals surface area contributed by atoms with Gasteiger partial charge in [0.05, 0.1) is 12.7 Å². The van der Waals surface area contributed by atoms with E-state index in [4.69, 9.17) is 10.6 Å². The number of nitrogens with one attached hydrogen (secondary N) is 1. The number of nitrogens with zero attached hydrogens (tertiary/aromatic N) is 1. The largest absolute Gasteiger partial charge is 0.374 e. The molecule has 0 aromatic carbocycles. The van der Waals surface area contributed by atoms with Crippen LogP contribution in [0.2, 0.25) is 0 Å². The van der Waals surface area contributed by atoms with Crippen molar-refractivity contribution in [2.24, 2.45) is 5.84 Å². The number of ether oxygens (including phenoxy) is 1. The maximum atomic E-state index is 5.58. The first kappa shape index (κ1) is 10.9. The zero-order valence-electron chi connectivity index (χ0n) is 8.66. The second-order valence-electron chi connectivity index (χ2n) is 3.22. The molecule has 0 spiro atoms. The van der Waals surface area contributed by atoms with E-state index in [2.05, 4.69) is 24.3 Å². The molecule has 0 amide bonds. The molecule has 0 saturated carbocycles. The fourth-order valence-corrected chi connectivity index (χ4v) is 0.999. The molecule has 78 valence electrons. The summed E-state index contributed by atoms with van der Waals surface area (Å²) in [5, 5.41) is 0. The van der Waals surface area contributed by atoms with Crippen LogP contribution in [-0.2, 0) is 11.3 Å². The molecule has 0 radical (unpaired) electrons. The van der Waals surface area contributed by atoms with Crippen LogP contribution in [0.25, 0.3) is 0 Å². The summed E-state index contributed by atoms with van der Waals surface area (Å²) in [6, 6.07) is 3.80. The Morgan fingerprint density at radius 1 is 1.64 bits per heavy atom. The Labute approximate surface area is 84.4 Å². The molecule has 0 bridgehead atoms. The van der Waals surface area contributed by atoms with E-state index in [0.29, 0.717) is 12.4 Å². The van der Waals surface area contributed by atoms with Crippen molar-refractivity contribution in [3.63, 3.8) is 0 Å². The lowest BCUT2D eigenvalue weighted by Gasteiger charge is -2.10. The van der Waals surface area contributed by atoms with E-state index >= 15 is 0 Å². The average Bonchev–Trinajstić information content (AvgIpc) is 2.26. The van der Waals surface area contributed by atoms with Gasteiger partial charge in [-0.05, 0) is 31.0 Å². The van der Waals surface area contributed by atoms with Crippen molar-refractivity contribution in [3.8, 4) is 0 Å². The molecule has 1 aromatic rings. The number of nitrogen functional groups attached to an aromatic ring is 1. The lowest BCUT2D eigenvalue weighted by Crippen LogP contribution is -2.10.